The van der Waals surface area contributed by atoms with E-state index in [0.29, 0.717) is 28.2 Å². The molecule has 1 aliphatic rings. The van der Waals surface area contributed by atoms with Crippen molar-refractivity contribution in [1.82, 2.24) is 0 Å². The fourth-order valence-electron chi connectivity index (χ4n) is 3.56. The van der Waals surface area contributed by atoms with Gasteiger partial charge in [0.2, 0.25) is 0 Å². The molecule has 0 N–H and O–H groups in total. The lowest BCUT2D eigenvalue weighted by atomic mass is 10.1. The summed E-state index contributed by atoms with van der Waals surface area (Å²) in [7, 11) is 0. The summed E-state index contributed by atoms with van der Waals surface area (Å²) in [5.41, 5.74) is 1.68. The van der Waals surface area contributed by atoms with Gasteiger partial charge in [0.1, 0.15) is 0 Å². The second-order valence-corrected chi connectivity index (χ2v) is 9.03. The van der Waals surface area contributed by atoms with Crippen LogP contribution in [0.4, 0.5) is 5.69 Å². The van der Waals surface area contributed by atoms with Crippen molar-refractivity contribution in [2.75, 3.05) is 18.1 Å². The number of ether oxygens (including phenoxy) is 2. The molecule has 0 radical (unpaired) electrons. The predicted octanol–water partition coefficient (Wildman–Crippen LogP) is 6.82. The van der Waals surface area contributed by atoms with Crippen molar-refractivity contribution in [3.63, 3.8) is 0 Å². The van der Waals surface area contributed by atoms with Crippen LogP contribution in [0, 0.1) is 0 Å². The van der Waals surface area contributed by atoms with Crippen LogP contribution >= 0.6 is 24.0 Å². The highest BCUT2D eigenvalue weighted by atomic mass is 32.2. The Labute approximate surface area is 198 Å². The van der Waals surface area contributed by atoms with Crippen LogP contribution in [0.5, 0.6) is 11.5 Å². The van der Waals surface area contributed by atoms with Gasteiger partial charge in [0.05, 0.1) is 23.8 Å². The zero-order valence-electron chi connectivity index (χ0n) is 18.2. The average molecular weight is 464 g/mol. The summed E-state index contributed by atoms with van der Waals surface area (Å²) >= 11 is 6.90. The zero-order valence-corrected chi connectivity index (χ0v) is 19.8. The van der Waals surface area contributed by atoms with E-state index in [1.54, 1.807) is 4.90 Å². The molecule has 3 aromatic rings. The molecule has 3 aromatic carbocycles. The molecule has 1 saturated heterocycles. The summed E-state index contributed by atoms with van der Waals surface area (Å²) in [6.07, 6.45) is 3.92. The van der Waals surface area contributed by atoms with E-state index in [4.69, 9.17) is 21.7 Å². The highest BCUT2D eigenvalue weighted by molar-refractivity contribution is 8.27. The Hall–Kier alpha value is -2.83. The van der Waals surface area contributed by atoms with Crippen LogP contribution < -0.4 is 14.4 Å². The highest BCUT2D eigenvalue weighted by Gasteiger charge is 2.34. The van der Waals surface area contributed by atoms with E-state index in [9.17, 15) is 4.79 Å². The van der Waals surface area contributed by atoms with Gasteiger partial charge in [-0.2, -0.15) is 0 Å². The normalized spacial score (nSPS) is 15.1. The lowest BCUT2D eigenvalue weighted by Gasteiger charge is -2.17. The minimum absolute atomic E-state index is 0.113. The molecule has 6 heteroatoms. The maximum atomic E-state index is 13.3. The van der Waals surface area contributed by atoms with Gasteiger partial charge in [-0.1, -0.05) is 79.8 Å². The Kier molecular flexibility index (Phi) is 7.12. The van der Waals surface area contributed by atoms with Crippen molar-refractivity contribution in [2.45, 2.75) is 26.7 Å². The number of thiocarbonyl (C=S) groups is 1. The van der Waals surface area contributed by atoms with E-state index in [1.165, 1.54) is 11.8 Å². The number of thioether (sulfide) groups is 1. The zero-order chi connectivity index (χ0) is 22.5. The standard InChI is InChI=1S/C26H25NO3S2/c1-3-5-15-30-22-14-13-18(16-23(22)29-4-2)17-24-25(28)27(26(31)32-24)21-12-8-10-19-9-6-7-11-20(19)21/h6-14,16-17H,3-5,15H2,1-2H3/b24-17+. The monoisotopic (exact) mass is 463 g/mol. The van der Waals surface area contributed by atoms with Crippen molar-refractivity contribution in [3.05, 3.63) is 71.1 Å². The van der Waals surface area contributed by atoms with Crippen LogP contribution in [0.2, 0.25) is 0 Å². The Morgan fingerprint density at radius 1 is 1.00 bits per heavy atom. The maximum absolute atomic E-state index is 13.3. The lowest BCUT2D eigenvalue weighted by Crippen LogP contribution is -2.27. The second kappa shape index (κ2) is 10.2. The van der Waals surface area contributed by atoms with Gasteiger partial charge in [0, 0.05) is 5.39 Å². The number of unbranched alkanes of at least 4 members (excludes halogenated alkanes) is 1. The molecule has 1 aliphatic heterocycles. The van der Waals surface area contributed by atoms with Crippen LogP contribution in [0.25, 0.3) is 16.8 Å². The third-order valence-electron chi connectivity index (χ3n) is 5.12. The van der Waals surface area contributed by atoms with Crippen LogP contribution in [0.15, 0.2) is 65.6 Å². The molecular formula is C26H25NO3S2. The second-order valence-electron chi connectivity index (χ2n) is 7.36. The minimum atomic E-state index is -0.113. The van der Waals surface area contributed by atoms with Crippen molar-refractivity contribution in [3.8, 4) is 11.5 Å². The molecule has 1 heterocycles. The lowest BCUT2D eigenvalue weighted by molar-refractivity contribution is -0.113. The van der Waals surface area contributed by atoms with Crippen LogP contribution in [-0.2, 0) is 4.79 Å². The van der Waals surface area contributed by atoms with Crippen molar-refractivity contribution in [2.24, 2.45) is 0 Å². The van der Waals surface area contributed by atoms with Gasteiger partial charge in [0.25, 0.3) is 5.91 Å². The number of benzene rings is 3. The van der Waals surface area contributed by atoms with E-state index in [0.717, 1.165) is 40.6 Å². The van der Waals surface area contributed by atoms with E-state index < -0.39 is 0 Å². The Balaban J connectivity index is 1.63. The smallest absolute Gasteiger partial charge is 0.270 e. The Morgan fingerprint density at radius 2 is 1.81 bits per heavy atom. The third kappa shape index (κ3) is 4.66. The van der Waals surface area contributed by atoms with Crippen LogP contribution in [0.3, 0.4) is 0 Å². The molecular weight excluding hydrogens is 438 g/mol. The molecule has 4 rings (SSSR count). The van der Waals surface area contributed by atoms with E-state index >= 15 is 0 Å². The van der Waals surface area contributed by atoms with Crippen molar-refractivity contribution in [1.29, 1.82) is 0 Å². The highest BCUT2D eigenvalue weighted by Crippen LogP contribution is 2.39. The van der Waals surface area contributed by atoms with Crippen molar-refractivity contribution >= 4 is 56.7 Å². The molecule has 0 saturated carbocycles. The van der Waals surface area contributed by atoms with E-state index in [2.05, 4.69) is 6.92 Å². The fourth-order valence-corrected chi connectivity index (χ4v) is 4.84. The van der Waals surface area contributed by atoms with Crippen LogP contribution in [0.1, 0.15) is 32.3 Å². The van der Waals surface area contributed by atoms with Crippen molar-refractivity contribution < 1.29 is 14.3 Å². The van der Waals surface area contributed by atoms with Gasteiger partial charge < -0.3 is 9.47 Å². The molecule has 164 valence electrons. The predicted molar refractivity (Wildman–Crippen MR) is 138 cm³/mol. The first-order chi connectivity index (χ1) is 15.6. The number of anilines is 1. The number of fused-ring (bicyclic) bond motifs is 1. The molecule has 0 aromatic heterocycles. The molecule has 0 atom stereocenters. The first-order valence-corrected chi connectivity index (χ1v) is 12.0. The largest absolute Gasteiger partial charge is 0.490 e. The number of carbonyl (C=O) groups is 1. The Morgan fingerprint density at radius 3 is 2.62 bits per heavy atom. The average Bonchev–Trinajstić information content (AvgIpc) is 3.07. The van der Waals surface area contributed by atoms with Gasteiger partial charge in [0.15, 0.2) is 15.8 Å². The fraction of sp³-hybridized carbons (Fsp3) is 0.231. The number of nitrogens with zero attached hydrogens (tertiary/aromatic N) is 1. The summed E-state index contributed by atoms with van der Waals surface area (Å²) in [4.78, 5) is 15.5. The number of rotatable bonds is 8. The molecule has 0 aliphatic carbocycles. The third-order valence-corrected chi connectivity index (χ3v) is 6.42. The first-order valence-electron chi connectivity index (χ1n) is 10.8. The quantitative estimate of drug-likeness (QED) is 0.208. The Bertz CT molecular complexity index is 1180. The molecule has 4 nitrogen and oxygen atoms in total. The molecule has 0 spiro atoms. The van der Waals surface area contributed by atoms with Gasteiger partial charge >= 0.3 is 0 Å². The molecule has 1 fully saturated rings. The summed E-state index contributed by atoms with van der Waals surface area (Å²) in [6, 6.07) is 19.7. The van der Waals surface area contributed by atoms with E-state index in [1.807, 2.05) is 73.7 Å². The summed E-state index contributed by atoms with van der Waals surface area (Å²) in [6.45, 7) is 5.26. The molecule has 0 bridgehead atoms. The number of carbonyl (C=O) groups excluding carboxylic acids is 1. The summed E-state index contributed by atoms with van der Waals surface area (Å²) in [5.74, 6) is 1.29. The number of hydrogen-bond donors (Lipinski definition) is 0. The minimum Gasteiger partial charge on any atom is -0.490 e. The van der Waals surface area contributed by atoms with Gasteiger partial charge in [-0.15, -0.1) is 0 Å². The van der Waals surface area contributed by atoms with Gasteiger partial charge in [-0.3, -0.25) is 9.69 Å². The first kappa shape index (κ1) is 22.4. The SMILES string of the molecule is CCCCOc1ccc(/C=C2/SC(=S)N(c3cccc4ccccc34)C2=O)cc1OCC. The summed E-state index contributed by atoms with van der Waals surface area (Å²) < 4.78 is 12.2. The van der Waals surface area contributed by atoms with E-state index in [-0.39, 0.29) is 5.91 Å². The number of hydrogen-bond acceptors (Lipinski definition) is 5. The molecule has 32 heavy (non-hydrogen) atoms. The maximum Gasteiger partial charge on any atom is 0.270 e. The molecule has 1 amide bonds. The number of amides is 1. The van der Waals surface area contributed by atoms with Gasteiger partial charge in [-0.05, 0) is 48.6 Å². The molecule has 0 unspecified atom stereocenters. The topological polar surface area (TPSA) is 38.8 Å². The summed E-state index contributed by atoms with van der Waals surface area (Å²) in [5, 5.41) is 2.07. The van der Waals surface area contributed by atoms with Crippen LogP contribution in [-0.4, -0.2) is 23.4 Å². The van der Waals surface area contributed by atoms with Gasteiger partial charge in [-0.25, -0.2) is 0 Å².